The summed E-state index contributed by atoms with van der Waals surface area (Å²) in [6, 6.07) is 45.1. The molecule has 40 heavy (non-hydrogen) atoms. The van der Waals surface area contributed by atoms with Crippen molar-refractivity contribution in [1.82, 2.24) is 8.80 Å². The second-order valence-electron chi connectivity index (χ2n) is 11.3. The Kier molecular flexibility index (Phi) is 3.17. The molecule has 0 amide bonds. The van der Waals surface area contributed by atoms with Crippen molar-refractivity contribution in [3.05, 3.63) is 121 Å². The van der Waals surface area contributed by atoms with Crippen LogP contribution in [0.4, 0.5) is 0 Å². The Balaban J connectivity index is 1.59. The van der Waals surface area contributed by atoms with Crippen LogP contribution in [0.1, 0.15) is 0 Å². The van der Waals surface area contributed by atoms with E-state index in [1.807, 2.05) is 0 Å². The zero-order chi connectivity index (χ0) is 25.7. The topological polar surface area (TPSA) is 8.82 Å². The van der Waals surface area contributed by atoms with Crippen molar-refractivity contribution in [2.45, 2.75) is 0 Å². The van der Waals surface area contributed by atoms with Crippen molar-refractivity contribution < 1.29 is 0 Å². The fraction of sp³-hybridized carbons (Fsp3) is 0. The van der Waals surface area contributed by atoms with Crippen LogP contribution in [0.2, 0.25) is 0 Å². The molecule has 0 unspecified atom stereocenters. The molecule has 2 heteroatoms. The number of rotatable bonds is 0. The first-order valence-corrected chi connectivity index (χ1v) is 14.0. The highest BCUT2D eigenvalue weighted by Gasteiger charge is 2.28. The maximum Gasteiger partial charge on any atom is 0.0634 e. The fourth-order valence-electron chi connectivity index (χ4n) is 7.95. The molecule has 182 valence electrons. The minimum Gasteiger partial charge on any atom is -0.308 e. The molecule has 0 aliphatic rings. The van der Waals surface area contributed by atoms with Crippen LogP contribution in [-0.4, -0.2) is 8.80 Å². The van der Waals surface area contributed by atoms with Gasteiger partial charge in [0.05, 0.1) is 33.1 Å². The van der Waals surface area contributed by atoms with Crippen LogP contribution in [0.5, 0.6) is 0 Å². The number of hydrogen-bond donors (Lipinski definition) is 0. The third kappa shape index (κ3) is 2.04. The van der Waals surface area contributed by atoms with Crippen molar-refractivity contribution in [3.63, 3.8) is 0 Å². The van der Waals surface area contributed by atoms with Gasteiger partial charge < -0.3 is 8.80 Å². The van der Waals surface area contributed by atoms with Crippen LogP contribution in [0.3, 0.4) is 0 Å². The number of hydrogen-bond acceptors (Lipinski definition) is 0. The lowest BCUT2D eigenvalue weighted by atomic mass is 9.96. The summed E-state index contributed by atoms with van der Waals surface area (Å²) in [7, 11) is 0. The quantitative estimate of drug-likeness (QED) is 0.194. The SMILES string of the molecule is c1ccc2cc3c(cc2c1)c1c2c4ccccc4n4c5cc6ccccc6cc5c(c5c6ccccc6n3c51)c24. The third-order valence-electron chi connectivity index (χ3n) is 9.47. The summed E-state index contributed by atoms with van der Waals surface area (Å²) in [5.74, 6) is 0. The highest BCUT2D eigenvalue weighted by molar-refractivity contribution is 6.45. The lowest BCUT2D eigenvalue weighted by Gasteiger charge is -2.04. The molecule has 0 fully saturated rings. The van der Waals surface area contributed by atoms with Gasteiger partial charge in [-0.2, -0.15) is 0 Å². The van der Waals surface area contributed by atoms with Crippen LogP contribution in [0.25, 0.3) is 97.7 Å². The Hall–Kier alpha value is -5.34. The van der Waals surface area contributed by atoms with E-state index in [2.05, 4.69) is 130 Å². The van der Waals surface area contributed by atoms with E-state index in [1.165, 1.54) is 97.7 Å². The number of benzene rings is 7. The highest BCUT2D eigenvalue weighted by atomic mass is 14.9. The van der Waals surface area contributed by atoms with E-state index >= 15 is 0 Å². The standard InChI is InChI=1S/C38H20N2/c1-3-11-23-19-31-27(17-21(23)9-1)35-33-25-13-5-8-16-30(25)40-32-20-24-12-4-2-10-22(24)18-28(32)36(38(33)40)34-26-14-6-7-15-29(26)39(31)37(34)35/h1-20H. The molecular weight excluding hydrogens is 484 g/mol. The van der Waals surface area contributed by atoms with Gasteiger partial charge in [0, 0.05) is 43.1 Å². The summed E-state index contributed by atoms with van der Waals surface area (Å²) in [4.78, 5) is 0. The molecule has 0 spiro atoms. The summed E-state index contributed by atoms with van der Waals surface area (Å²) in [5.41, 5.74) is 7.82. The molecule has 0 saturated heterocycles. The smallest absolute Gasteiger partial charge is 0.0634 e. The van der Waals surface area contributed by atoms with E-state index in [0.717, 1.165) is 0 Å². The van der Waals surface area contributed by atoms with Crippen LogP contribution in [0, 0.1) is 0 Å². The molecule has 0 bridgehead atoms. The van der Waals surface area contributed by atoms with Crippen LogP contribution < -0.4 is 0 Å². The van der Waals surface area contributed by atoms with Gasteiger partial charge in [-0.25, -0.2) is 0 Å². The Labute approximate surface area is 227 Å². The maximum atomic E-state index is 2.54. The highest BCUT2D eigenvalue weighted by Crippen LogP contribution is 2.52. The summed E-state index contributed by atoms with van der Waals surface area (Å²) >= 11 is 0. The van der Waals surface area contributed by atoms with Crippen molar-refractivity contribution in [3.8, 4) is 0 Å². The molecule has 7 aromatic carbocycles. The van der Waals surface area contributed by atoms with Gasteiger partial charge in [0.2, 0.25) is 0 Å². The Bertz CT molecular complexity index is 2660. The summed E-state index contributed by atoms with van der Waals surface area (Å²) in [5, 5.41) is 15.9. The van der Waals surface area contributed by atoms with Gasteiger partial charge in [-0.3, -0.25) is 0 Å². The molecule has 2 nitrogen and oxygen atoms in total. The molecule has 0 radical (unpaired) electrons. The van der Waals surface area contributed by atoms with E-state index < -0.39 is 0 Å². The van der Waals surface area contributed by atoms with Crippen molar-refractivity contribution in [1.29, 1.82) is 0 Å². The largest absolute Gasteiger partial charge is 0.308 e. The fourth-order valence-corrected chi connectivity index (χ4v) is 7.95. The predicted molar refractivity (Wildman–Crippen MR) is 171 cm³/mol. The number of aromatic nitrogens is 2. The lowest BCUT2D eigenvalue weighted by molar-refractivity contribution is 1.37. The van der Waals surface area contributed by atoms with Gasteiger partial charge in [0.15, 0.2) is 0 Å². The maximum absolute atomic E-state index is 2.54. The molecule has 0 aliphatic carbocycles. The van der Waals surface area contributed by atoms with E-state index in [1.54, 1.807) is 0 Å². The number of fused-ring (bicyclic) bond motifs is 16. The van der Waals surface area contributed by atoms with Crippen molar-refractivity contribution >= 4 is 97.7 Å². The minimum atomic E-state index is 1.28. The predicted octanol–water partition coefficient (Wildman–Crippen LogP) is 10.3. The molecule has 0 aliphatic heterocycles. The Morgan fingerprint density at radius 1 is 0.300 bits per heavy atom. The lowest BCUT2D eigenvalue weighted by Crippen LogP contribution is -1.80. The van der Waals surface area contributed by atoms with Gasteiger partial charge in [-0.05, 0) is 57.9 Å². The van der Waals surface area contributed by atoms with Gasteiger partial charge in [0.25, 0.3) is 0 Å². The summed E-state index contributed by atoms with van der Waals surface area (Å²) in [6.07, 6.45) is 0. The molecule has 4 heterocycles. The second-order valence-corrected chi connectivity index (χ2v) is 11.3. The molecule has 0 N–H and O–H groups in total. The first-order valence-electron chi connectivity index (χ1n) is 14.0. The average molecular weight is 505 g/mol. The van der Waals surface area contributed by atoms with E-state index in [-0.39, 0.29) is 0 Å². The molecule has 0 atom stereocenters. The Morgan fingerprint density at radius 2 is 0.650 bits per heavy atom. The molecule has 0 saturated carbocycles. The zero-order valence-electron chi connectivity index (χ0n) is 21.4. The molecule has 11 rings (SSSR count). The number of para-hydroxylation sites is 2. The van der Waals surface area contributed by atoms with Gasteiger partial charge in [0.1, 0.15) is 0 Å². The van der Waals surface area contributed by atoms with E-state index in [0.29, 0.717) is 0 Å². The summed E-state index contributed by atoms with van der Waals surface area (Å²) in [6.45, 7) is 0. The van der Waals surface area contributed by atoms with Crippen molar-refractivity contribution in [2.75, 3.05) is 0 Å². The van der Waals surface area contributed by atoms with E-state index in [4.69, 9.17) is 0 Å². The third-order valence-corrected chi connectivity index (χ3v) is 9.47. The molecule has 4 aromatic heterocycles. The second kappa shape index (κ2) is 6.44. The van der Waals surface area contributed by atoms with Crippen LogP contribution in [0.15, 0.2) is 121 Å². The summed E-state index contributed by atoms with van der Waals surface area (Å²) < 4.78 is 5.09. The average Bonchev–Trinajstić information content (AvgIpc) is 3.71. The first-order chi connectivity index (χ1) is 19.9. The number of nitrogens with zero attached hydrogens (tertiary/aromatic N) is 2. The normalized spacial score (nSPS) is 13.0. The van der Waals surface area contributed by atoms with Gasteiger partial charge in [-0.1, -0.05) is 84.9 Å². The van der Waals surface area contributed by atoms with Crippen LogP contribution >= 0.6 is 0 Å². The first kappa shape index (κ1) is 19.7. The van der Waals surface area contributed by atoms with Crippen molar-refractivity contribution in [2.24, 2.45) is 0 Å². The monoisotopic (exact) mass is 504 g/mol. The molecular formula is C38H20N2. The van der Waals surface area contributed by atoms with Gasteiger partial charge in [-0.15, -0.1) is 0 Å². The Morgan fingerprint density at radius 3 is 1.10 bits per heavy atom. The minimum absolute atomic E-state index is 1.28. The van der Waals surface area contributed by atoms with E-state index in [9.17, 15) is 0 Å². The van der Waals surface area contributed by atoms with Crippen LogP contribution in [-0.2, 0) is 0 Å². The van der Waals surface area contributed by atoms with Gasteiger partial charge >= 0.3 is 0 Å². The molecule has 11 aromatic rings. The zero-order valence-corrected chi connectivity index (χ0v) is 21.4.